The van der Waals surface area contributed by atoms with Gasteiger partial charge in [-0.2, -0.15) is 4.72 Å². The van der Waals surface area contributed by atoms with Crippen molar-refractivity contribution in [1.29, 1.82) is 0 Å². The zero-order valence-electron chi connectivity index (χ0n) is 11.1. The number of sulfonamides is 1. The second kappa shape index (κ2) is 7.11. The predicted molar refractivity (Wildman–Crippen MR) is 71.3 cm³/mol. The average molecular weight is 318 g/mol. The van der Waals surface area contributed by atoms with Crippen LogP contribution >= 0.6 is 0 Å². The normalized spacial score (nSPS) is 12.8. The molecule has 1 aromatic rings. The lowest BCUT2D eigenvalue weighted by molar-refractivity contribution is -0.384. The van der Waals surface area contributed by atoms with E-state index in [1.54, 1.807) is 0 Å². The topological polar surface area (TPSA) is 136 Å². The number of hydrogen-bond acceptors (Lipinski definition) is 6. The smallest absolute Gasteiger partial charge is 0.321 e. The number of nitrogens with zero attached hydrogens (tertiary/aromatic N) is 1. The summed E-state index contributed by atoms with van der Waals surface area (Å²) in [6, 6.07) is 2.79. The number of carboxylic acids is 1. The Hall–Kier alpha value is -2.04. The Labute approximate surface area is 120 Å². The third kappa shape index (κ3) is 4.77. The maximum atomic E-state index is 12.0. The molecule has 1 unspecified atom stereocenters. The summed E-state index contributed by atoms with van der Waals surface area (Å²) in [5, 5.41) is 19.5. The van der Waals surface area contributed by atoms with Crippen LogP contribution in [0, 0.1) is 10.1 Å². The van der Waals surface area contributed by atoms with Gasteiger partial charge in [0.05, 0.1) is 9.82 Å². The van der Waals surface area contributed by atoms with E-state index in [0.717, 1.165) is 24.3 Å². The van der Waals surface area contributed by atoms with Crippen molar-refractivity contribution < 1.29 is 28.0 Å². The highest BCUT2D eigenvalue weighted by molar-refractivity contribution is 7.89. The van der Waals surface area contributed by atoms with Crippen LogP contribution in [0.15, 0.2) is 29.2 Å². The number of aliphatic carboxylic acids is 1. The highest BCUT2D eigenvalue weighted by Gasteiger charge is 2.25. The van der Waals surface area contributed by atoms with Gasteiger partial charge in [0, 0.05) is 25.8 Å². The Morgan fingerprint density at radius 1 is 1.43 bits per heavy atom. The minimum absolute atomic E-state index is 0.0436. The van der Waals surface area contributed by atoms with E-state index < -0.39 is 27.0 Å². The van der Waals surface area contributed by atoms with E-state index in [4.69, 9.17) is 9.84 Å². The third-order valence-corrected chi connectivity index (χ3v) is 4.05. The lowest BCUT2D eigenvalue weighted by Gasteiger charge is -2.14. The molecule has 0 aliphatic rings. The number of hydrogen-bond donors (Lipinski definition) is 2. The number of carbonyl (C=O) groups is 1. The summed E-state index contributed by atoms with van der Waals surface area (Å²) in [5.74, 6) is -1.34. The predicted octanol–water partition coefficient (Wildman–Crippen LogP) is 0.363. The van der Waals surface area contributed by atoms with E-state index in [0.29, 0.717) is 0 Å². The number of nitro groups is 1. The minimum Gasteiger partial charge on any atom is -0.480 e. The fourth-order valence-electron chi connectivity index (χ4n) is 1.47. The molecule has 0 spiro atoms. The van der Waals surface area contributed by atoms with E-state index in [1.807, 2.05) is 4.72 Å². The number of nitrogens with one attached hydrogen (secondary N) is 1. The minimum atomic E-state index is -4.09. The first-order valence-electron chi connectivity index (χ1n) is 5.76. The van der Waals surface area contributed by atoms with Crippen molar-refractivity contribution in [3.63, 3.8) is 0 Å². The first-order chi connectivity index (χ1) is 9.77. The van der Waals surface area contributed by atoms with Gasteiger partial charge < -0.3 is 9.84 Å². The molecule has 1 aromatic carbocycles. The van der Waals surface area contributed by atoms with E-state index in [9.17, 15) is 23.3 Å². The quantitative estimate of drug-likeness (QED) is 0.521. The molecule has 0 amide bonds. The number of non-ortho nitro benzene ring substituents is 1. The maximum absolute atomic E-state index is 12.0. The van der Waals surface area contributed by atoms with Gasteiger partial charge in [-0.25, -0.2) is 8.42 Å². The summed E-state index contributed by atoms with van der Waals surface area (Å²) >= 11 is 0. The first-order valence-corrected chi connectivity index (χ1v) is 7.25. The zero-order valence-corrected chi connectivity index (χ0v) is 11.9. The molecule has 0 heterocycles. The van der Waals surface area contributed by atoms with Crippen LogP contribution < -0.4 is 4.72 Å². The lowest BCUT2D eigenvalue weighted by Crippen LogP contribution is -2.41. The number of methoxy groups -OCH3 is 1. The van der Waals surface area contributed by atoms with E-state index in [1.165, 1.54) is 7.11 Å². The average Bonchev–Trinajstić information content (AvgIpc) is 2.43. The molecular formula is C11H14N2O7S. The van der Waals surface area contributed by atoms with Crippen molar-refractivity contribution in [2.24, 2.45) is 0 Å². The van der Waals surface area contributed by atoms with Crippen LogP contribution in [-0.4, -0.2) is 44.2 Å². The van der Waals surface area contributed by atoms with Gasteiger partial charge in [-0.15, -0.1) is 0 Å². The second-order valence-electron chi connectivity index (χ2n) is 4.04. The van der Waals surface area contributed by atoms with Crippen LogP contribution in [0.1, 0.15) is 6.42 Å². The fraction of sp³-hybridized carbons (Fsp3) is 0.364. The van der Waals surface area contributed by atoms with Crippen molar-refractivity contribution in [3.05, 3.63) is 34.4 Å². The molecule has 21 heavy (non-hydrogen) atoms. The molecule has 1 atom stereocenters. The zero-order chi connectivity index (χ0) is 16.0. The summed E-state index contributed by atoms with van der Waals surface area (Å²) in [5.41, 5.74) is -0.261. The Bertz CT molecular complexity index is 612. The van der Waals surface area contributed by atoms with E-state index in [-0.39, 0.29) is 23.6 Å². The largest absolute Gasteiger partial charge is 0.480 e. The maximum Gasteiger partial charge on any atom is 0.321 e. The Morgan fingerprint density at radius 3 is 2.43 bits per heavy atom. The summed E-state index contributed by atoms with van der Waals surface area (Å²) < 4.78 is 30.7. The monoisotopic (exact) mass is 318 g/mol. The highest BCUT2D eigenvalue weighted by Crippen LogP contribution is 2.16. The van der Waals surface area contributed by atoms with Gasteiger partial charge >= 0.3 is 5.97 Å². The third-order valence-electron chi connectivity index (χ3n) is 2.56. The lowest BCUT2D eigenvalue weighted by atomic mass is 10.2. The van der Waals surface area contributed by atoms with Crippen LogP contribution in [0.2, 0.25) is 0 Å². The molecule has 2 N–H and O–H groups in total. The summed E-state index contributed by atoms with van der Waals surface area (Å²) in [6.07, 6.45) is -0.0436. The molecule has 1 rings (SSSR count). The molecule has 0 fully saturated rings. The van der Waals surface area contributed by atoms with Gasteiger partial charge in [0.2, 0.25) is 10.0 Å². The molecule has 10 heteroatoms. The molecule has 0 aromatic heterocycles. The molecular weight excluding hydrogens is 304 g/mol. The molecule has 0 radical (unpaired) electrons. The summed E-state index contributed by atoms with van der Waals surface area (Å²) in [7, 11) is -2.72. The van der Waals surface area contributed by atoms with Crippen LogP contribution in [0.4, 0.5) is 5.69 Å². The second-order valence-corrected chi connectivity index (χ2v) is 5.76. The van der Waals surface area contributed by atoms with Gasteiger partial charge in [0.1, 0.15) is 6.04 Å². The molecule has 116 valence electrons. The van der Waals surface area contributed by atoms with Crippen molar-refractivity contribution in [2.45, 2.75) is 17.4 Å². The fourth-order valence-corrected chi connectivity index (χ4v) is 2.69. The van der Waals surface area contributed by atoms with Crippen molar-refractivity contribution in [2.75, 3.05) is 13.7 Å². The van der Waals surface area contributed by atoms with Gasteiger partial charge in [-0.3, -0.25) is 14.9 Å². The van der Waals surface area contributed by atoms with Crippen LogP contribution in [0.5, 0.6) is 0 Å². The van der Waals surface area contributed by atoms with Gasteiger partial charge in [0.25, 0.3) is 5.69 Å². The molecule has 0 aliphatic heterocycles. The standard InChI is InChI=1S/C11H14N2O7S/c1-20-7-6-10(11(14)15)12-21(18,19)9-4-2-8(3-5-9)13(16)17/h2-5,10,12H,6-7H2,1H3,(H,14,15). The van der Waals surface area contributed by atoms with Gasteiger partial charge in [0.15, 0.2) is 0 Å². The van der Waals surface area contributed by atoms with Crippen LogP contribution in [-0.2, 0) is 19.6 Å². The Kier molecular flexibility index (Phi) is 5.76. The first kappa shape index (κ1) is 17.0. The number of nitro benzene ring substituents is 1. The molecule has 0 saturated carbocycles. The van der Waals surface area contributed by atoms with Crippen molar-refractivity contribution >= 4 is 21.7 Å². The Balaban J connectivity index is 2.93. The number of carboxylic acid groups (broad SMARTS) is 1. The molecule has 0 aliphatic carbocycles. The van der Waals surface area contributed by atoms with Crippen LogP contribution in [0.25, 0.3) is 0 Å². The highest BCUT2D eigenvalue weighted by atomic mass is 32.2. The summed E-state index contributed by atoms with van der Waals surface area (Å²) in [4.78, 5) is 20.6. The van der Waals surface area contributed by atoms with E-state index >= 15 is 0 Å². The molecule has 9 nitrogen and oxygen atoms in total. The van der Waals surface area contributed by atoms with Crippen molar-refractivity contribution in [1.82, 2.24) is 4.72 Å². The van der Waals surface area contributed by atoms with Crippen LogP contribution in [0.3, 0.4) is 0 Å². The van der Waals surface area contributed by atoms with E-state index in [2.05, 4.69) is 0 Å². The number of benzene rings is 1. The Morgan fingerprint density at radius 2 is 2.00 bits per heavy atom. The van der Waals surface area contributed by atoms with Crippen molar-refractivity contribution in [3.8, 4) is 0 Å². The van der Waals surface area contributed by atoms with Gasteiger partial charge in [-0.1, -0.05) is 0 Å². The SMILES string of the molecule is COCCC(NS(=O)(=O)c1ccc([N+](=O)[O-])cc1)C(=O)O. The molecule has 0 saturated heterocycles. The number of ether oxygens (including phenoxy) is 1. The molecule has 0 bridgehead atoms. The number of rotatable bonds is 8. The van der Waals surface area contributed by atoms with Gasteiger partial charge in [-0.05, 0) is 18.6 Å². The summed E-state index contributed by atoms with van der Waals surface area (Å²) in [6.45, 7) is 0.0692.